The second-order valence-electron chi connectivity index (χ2n) is 7.09. The van der Waals surface area contributed by atoms with E-state index in [4.69, 9.17) is 4.84 Å². The summed E-state index contributed by atoms with van der Waals surface area (Å²) in [6.45, 7) is 10.1. The number of carbonyl (C=O) groups excluding carboxylic acids is 1. The van der Waals surface area contributed by atoms with Gasteiger partial charge in [0.15, 0.2) is 5.78 Å². The Labute approximate surface area is 161 Å². The molecule has 0 bridgehead atoms. The first-order valence-corrected chi connectivity index (χ1v) is 9.50. The second kappa shape index (κ2) is 8.85. The van der Waals surface area contributed by atoms with Gasteiger partial charge in [-0.3, -0.25) is 4.79 Å². The highest BCUT2D eigenvalue weighted by atomic mass is 16.6. The normalized spacial score (nSPS) is 17.9. The zero-order valence-electron chi connectivity index (χ0n) is 16.8. The van der Waals surface area contributed by atoms with Gasteiger partial charge in [-0.2, -0.15) is 5.26 Å². The fourth-order valence-electron chi connectivity index (χ4n) is 4.02. The average Bonchev–Trinajstić information content (AvgIpc) is 2.59. The van der Waals surface area contributed by atoms with Gasteiger partial charge in [-0.25, -0.2) is 0 Å². The average molecular weight is 368 g/mol. The molecule has 0 aliphatic heterocycles. The van der Waals surface area contributed by atoms with Crippen molar-refractivity contribution in [1.29, 1.82) is 5.26 Å². The molecule has 5 heteroatoms. The first-order chi connectivity index (χ1) is 12.8. The molecule has 27 heavy (non-hydrogen) atoms. The zero-order valence-corrected chi connectivity index (χ0v) is 16.8. The predicted octanol–water partition coefficient (Wildman–Crippen LogP) is 4.93. The first kappa shape index (κ1) is 20.7. The van der Waals surface area contributed by atoms with E-state index < -0.39 is 0 Å². The predicted molar refractivity (Wildman–Crippen MR) is 106 cm³/mol. The van der Waals surface area contributed by atoms with Gasteiger partial charge in [0.1, 0.15) is 12.4 Å². The summed E-state index contributed by atoms with van der Waals surface area (Å²) in [5, 5.41) is 24.2. The van der Waals surface area contributed by atoms with E-state index in [1.807, 2.05) is 40.7 Å². The fourth-order valence-corrected chi connectivity index (χ4v) is 4.02. The number of rotatable bonds is 6. The molecule has 1 atom stereocenters. The minimum absolute atomic E-state index is 0.0704. The minimum Gasteiger partial charge on any atom is -0.511 e. The molecule has 1 aromatic rings. The number of aryl methyl sites for hydroxylation is 2. The molecule has 0 heterocycles. The molecule has 1 aliphatic carbocycles. The monoisotopic (exact) mass is 368 g/mol. The SMILES string of the molecule is CCC/C(=N\OCC)C1=C(O)CC(c2c(C)cc(C)c(C#N)c2C)CC1=O. The number of ketones is 1. The number of carbonyl (C=O) groups is 1. The smallest absolute Gasteiger partial charge is 0.168 e. The van der Waals surface area contributed by atoms with Crippen LogP contribution in [0.25, 0.3) is 0 Å². The summed E-state index contributed by atoms with van der Waals surface area (Å²) in [5.41, 5.74) is 5.38. The van der Waals surface area contributed by atoms with Gasteiger partial charge in [0.25, 0.3) is 0 Å². The van der Waals surface area contributed by atoms with E-state index in [0.29, 0.717) is 42.7 Å². The highest BCUT2D eigenvalue weighted by Crippen LogP contribution is 2.39. The zero-order chi connectivity index (χ0) is 20.1. The summed E-state index contributed by atoms with van der Waals surface area (Å²) >= 11 is 0. The lowest BCUT2D eigenvalue weighted by molar-refractivity contribution is -0.116. The van der Waals surface area contributed by atoms with Crippen LogP contribution in [0.4, 0.5) is 0 Å². The molecule has 0 spiro atoms. The summed E-state index contributed by atoms with van der Waals surface area (Å²) < 4.78 is 0. The van der Waals surface area contributed by atoms with Crippen molar-refractivity contribution in [3.63, 3.8) is 0 Å². The number of nitriles is 1. The van der Waals surface area contributed by atoms with Gasteiger partial charge in [0.05, 0.1) is 22.9 Å². The Balaban J connectivity index is 2.47. The molecule has 2 rings (SSSR count). The Bertz CT molecular complexity index is 844. The highest BCUT2D eigenvalue weighted by molar-refractivity contribution is 6.23. The lowest BCUT2D eigenvalue weighted by Crippen LogP contribution is -2.25. The van der Waals surface area contributed by atoms with Crippen LogP contribution in [0, 0.1) is 32.1 Å². The molecule has 1 aromatic carbocycles. The minimum atomic E-state index is -0.135. The molecule has 144 valence electrons. The van der Waals surface area contributed by atoms with Crippen LogP contribution < -0.4 is 0 Å². The molecule has 1 aliphatic rings. The third-order valence-corrected chi connectivity index (χ3v) is 5.07. The van der Waals surface area contributed by atoms with E-state index in [1.165, 1.54) is 0 Å². The van der Waals surface area contributed by atoms with Crippen LogP contribution in [-0.2, 0) is 9.63 Å². The van der Waals surface area contributed by atoms with Crippen molar-refractivity contribution in [1.82, 2.24) is 0 Å². The van der Waals surface area contributed by atoms with Crippen LogP contribution in [0.1, 0.15) is 73.3 Å². The Hall–Kier alpha value is -2.61. The lowest BCUT2D eigenvalue weighted by atomic mass is 9.77. The maximum Gasteiger partial charge on any atom is 0.168 e. The first-order valence-electron chi connectivity index (χ1n) is 9.50. The van der Waals surface area contributed by atoms with Gasteiger partial charge in [0.2, 0.25) is 0 Å². The Morgan fingerprint density at radius 3 is 2.56 bits per heavy atom. The number of Topliss-reactive ketones (excluding diaryl/α,β-unsaturated/α-hetero) is 1. The van der Waals surface area contributed by atoms with Gasteiger partial charge in [-0.15, -0.1) is 0 Å². The number of hydrogen-bond acceptors (Lipinski definition) is 5. The topological polar surface area (TPSA) is 82.7 Å². The molecular weight excluding hydrogens is 340 g/mol. The summed E-state index contributed by atoms with van der Waals surface area (Å²) in [5.74, 6) is -0.182. The molecule has 0 saturated carbocycles. The maximum atomic E-state index is 12.9. The van der Waals surface area contributed by atoms with Crippen molar-refractivity contribution < 1.29 is 14.7 Å². The van der Waals surface area contributed by atoms with E-state index in [-0.39, 0.29) is 17.5 Å². The standard InChI is InChI=1S/C22H28N2O3/c1-6-8-18(24-27-7-2)22-19(25)10-16(11-20(22)26)21-14(4)9-13(3)17(12-23)15(21)5/h9,16,25H,6-8,10-11H2,1-5H3/b24-18+. The maximum absolute atomic E-state index is 12.9. The molecule has 0 amide bonds. The summed E-state index contributed by atoms with van der Waals surface area (Å²) in [6.07, 6.45) is 2.05. The second-order valence-corrected chi connectivity index (χ2v) is 7.09. The van der Waals surface area contributed by atoms with Crippen LogP contribution in [0.15, 0.2) is 22.6 Å². The Morgan fingerprint density at radius 2 is 2.00 bits per heavy atom. The molecular formula is C22H28N2O3. The van der Waals surface area contributed by atoms with Crippen LogP contribution in [0.2, 0.25) is 0 Å². The number of nitrogens with zero attached hydrogens (tertiary/aromatic N) is 2. The molecule has 0 fully saturated rings. The van der Waals surface area contributed by atoms with E-state index >= 15 is 0 Å². The van der Waals surface area contributed by atoms with Crippen molar-refractivity contribution in [2.75, 3.05) is 6.61 Å². The van der Waals surface area contributed by atoms with Crippen LogP contribution in [0.5, 0.6) is 0 Å². The van der Waals surface area contributed by atoms with Crippen LogP contribution >= 0.6 is 0 Å². The van der Waals surface area contributed by atoms with Crippen molar-refractivity contribution in [3.8, 4) is 6.07 Å². The van der Waals surface area contributed by atoms with Gasteiger partial charge < -0.3 is 9.94 Å². The molecule has 1 unspecified atom stereocenters. The molecule has 0 saturated heterocycles. The Kier molecular flexibility index (Phi) is 6.79. The van der Waals surface area contributed by atoms with Gasteiger partial charge in [-0.05, 0) is 62.3 Å². The van der Waals surface area contributed by atoms with Gasteiger partial charge in [0, 0.05) is 12.8 Å². The third kappa shape index (κ3) is 4.21. The number of aliphatic hydroxyl groups excluding tert-OH is 1. The van der Waals surface area contributed by atoms with Crippen molar-refractivity contribution in [2.24, 2.45) is 5.16 Å². The molecule has 0 radical (unpaired) electrons. The van der Waals surface area contributed by atoms with Gasteiger partial charge in [-0.1, -0.05) is 24.6 Å². The van der Waals surface area contributed by atoms with E-state index in [9.17, 15) is 15.2 Å². The highest BCUT2D eigenvalue weighted by Gasteiger charge is 2.33. The number of aliphatic hydroxyl groups is 1. The number of hydrogen-bond donors (Lipinski definition) is 1. The summed E-state index contributed by atoms with van der Waals surface area (Å²) in [4.78, 5) is 18.0. The number of oxime groups is 1. The largest absolute Gasteiger partial charge is 0.511 e. The fraction of sp³-hybridized carbons (Fsp3) is 0.500. The van der Waals surface area contributed by atoms with E-state index in [1.54, 1.807) is 0 Å². The number of allylic oxidation sites excluding steroid dienone is 2. The van der Waals surface area contributed by atoms with Crippen molar-refractivity contribution >= 4 is 11.5 Å². The van der Waals surface area contributed by atoms with Crippen LogP contribution in [0.3, 0.4) is 0 Å². The van der Waals surface area contributed by atoms with Crippen LogP contribution in [-0.4, -0.2) is 23.2 Å². The summed E-state index contributed by atoms with van der Waals surface area (Å²) in [7, 11) is 0. The Morgan fingerprint density at radius 1 is 1.30 bits per heavy atom. The molecule has 5 nitrogen and oxygen atoms in total. The van der Waals surface area contributed by atoms with Crippen molar-refractivity contribution in [3.05, 3.63) is 45.2 Å². The van der Waals surface area contributed by atoms with E-state index in [2.05, 4.69) is 11.2 Å². The molecule has 1 N–H and O–H groups in total. The number of benzene rings is 1. The van der Waals surface area contributed by atoms with E-state index in [0.717, 1.165) is 28.7 Å². The van der Waals surface area contributed by atoms with Crippen molar-refractivity contribution in [2.45, 2.75) is 66.2 Å². The molecule has 0 aromatic heterocycles. The summed E-state index contributed by atoms with van der Waals surface area (Å²) in [6, 6.07) is 4.25. The third-order valence-electron chi connectivity index (χ3n) is 5.07. The quantitative estimate of drug-likeness (QED) is 0.570. The van der Waals surface area contributed by atoms with Gasteiger partial charge >= 0.3 is 0 Å². The lowest BCUT2D eigenvalue weighted by Gasteiger charge is -2.27.